The van der Waals surface area contributed by atoms with Crippen LogP contribution in [0.4, 0.5) is 13.2 Å². The third-order valence-corrected chi connectivity index (χ3v) is 7.83. The number of rotatable bonds is 9. The van der Waals surface area contributed by atoms with Crippen LogP contribution >= 0.6 is 0 Å². The lowest BCUT2D eigenvalue weighted by Gasteiger charge is -2.40. The normalized spacial score (nSPS) is 20.7. The zero-order chi connectivity index (χ0) is 27.4. The molecule has 0 spiro atoms. The molecule has 1 N–H and O–H groups in total. The van der Waals surface area contributed by atoms with Gasteiger partial charge in [-0.3, -0.25) is 4.79 Å². The van der Waals surface area contributed by atoms with Crippen LogP contribution in [0.25, 0.3) is 11.3 Å². The standard InChI is InChI=1S/C30H35F3N4O2/c1-2-28(38)37(18-22-15-34-16-26(22)33)29(21-10-12-39-13-11-21)30-35-27(24-14-23(31)8-9-25(24)32)19-36(30)17-20-6-4-3-5-7-20/h3-9,14,19,21-22,26,29,34H,2,10-13,15-18H2,1H3/t22-,26-,29+/m0/s1. The summed E-state index contributed by atoms with van der Waals surface area (Å²) in [6.45, 7) is 4.36. The number of alkyl halides is 1. The lowest BCUT2D eigenvalue weighted by molar-refractivity contribution is -0.137. The Balaban J connectivity index is 1.64. The number of imidazole rings is 1. The van der Waals surface area contributed by atoms with E-state index in [9.17, 15) is 18.0 Å². The van der Waals surface area contributed by atoms with E-state index in [1.54, 1.807) is 18.0 Å². The van der Waals surface area contributed by atoms with Gasteiger partial charge in [-0.1, -0.05) is 37.3 Å². The van der Waals surface area contributed by atoms with E-state index in [0.29, 0.717) is 50.7 Å². The average Bonchev–Trinajstić information content (AvgIpc) is 3.56. The summed E-state index contributed by atoms with van der Waals surface area (Å²) in [6.07, 6.45) is 2.37. The largest absolute Gasteiger partial charge is 0.381 e. The number of halogens is 3. The molecule has 6 nitrogen and oxygen atoms in total. The topological polar surface area (TPSA) is 59.4 Å². The molecular weight excluding hydrogens is 505 g/mol. The first-order chi connectivity index (χ1) is 18.9. The first kappa shape index (κ1) is 27.4. The maximum Gasteiger partial charge on any atom is 0.222 e. The van der Waals surface area contributed by atoms with Crippen LogP contribution in [0, 0.1) is 23.5 Å². The Morgan fingerprint density at radius 3 is 2.62 bits per heavy atom. The second-order valence-electron chi connectivity index (χ2n) is 10.5. The Morgan fingerprint density at radius 2 is 1.92 bits per heavy atom. The highest BCUT2D eigenvalue weighted by atomic mass is 19.1. The van der Waals surface area contributed by atoms with E-state index in [4.69, 9.17) is 9.72 Å². The van der Waals surface area contributed by atoms with E-state index in [2.05, 4.69) is 5.32 Å². The number of amides is 1. The Labute approximate surface area is 227 Å². The predicted molar refractivity (Wildman–Crippen MR) is 143 cm³/mol. The number of aromatic nitrogens is 2. The van der Waals surface area contributed by atoms with Gasteiger partial charge in [0, 0.05) is 63.5 Å². The SMILES string of the molecule is CCC(=O)N(C[C@@H]1CNC[C@@H]1F)[C@@H](c1nc(-c2cc(F)ccc2F)cn1Cc1ccccc1)C1CCOCC1. The van der Waals surface area contributed by atoms with Gasteiger partial charge in [-0.15, -0.1) is 0 Å². The van der Waals surface area contributed by atoms with Crippen molar-refractivity contribution in [3.05, 3.63) is 77.8 Å². The zero-order valence-corrected chi connectivity index (χ0v) is 22.2. The highest BCUT2D eigenvalue weighted by Crippen LogP contribution is 2.38. The van der Waals surface area contributed by atoms with Crippen molar-refractivity contribution < 1.29 is 22.7 Å². The molecule has 2 aromatic carbocycles. The smallest absolute Gasteiger partial charge is 0.222 e. The molecule has 9 heteroatoms. The minimum absolute atomic E-state index is 0.0174. The first-order valence-electron chi connectivity index (χ1n) is 13.7. The van der Waals surface area contributed by atoms with Crippen LogP contribution in [-0.2, 0) is 16.1 Å². The Bertz CT molecular complexity index is 1260. The van der Waals surface area contributed by atoms with E-state index in [0.717, 1.165) is 23.8 Å². The summed E-state index contributed by atoms with van der Waals surface area (Å²) >= 11 is 0. The first-order valence-corrected chi connectivity index (χ1v) is 13.7. The molecule has 208 valence electrons. The van der Waals surface area contributed by atoms with Gasteiger partial charge in [-0.2, -0.15) is 0 Å². The van der Waals surface area contributed by atoms with Crippen molar-refractivity contribution in [1.82, 2.24) is 19.8 Å². The average molecular weight is 541 g/mol. The number of carbonyl (C=O) groups excluding carboxylic acids is 1. The molecule has 2 saturated heterocycles. The number of benzene rings is 2. The van der Waals surface area contributed by atoms with Crippen LogP contribution in [0.3, 0.4) is 0 Å². The van der Waals surface area contributed by atoms with Crippen molar-refractivity contribution >= 4 is 5.91 Å². The Kier molecular flexibility index (Phi) is 8.67. The van der Waals surface area contributed by atoms with Crippen LogP contribution < -0.4 is 5.32 Å². The summed E-state index contributed by atoms with van der Waals surface area (Å²) in [4.78, 5) is 20.2. The third kappa shape index (κ3) is 6.20. The molecule has 0 unspecified atom stereocenters. The van der Waals surface area contributed by atoms with Gasteiger partial charge >= 0.3 is 0 Å². The molecule has 0 radical (unpaired) electrons. The van der Waals surface area contributed by atoms with Crippen molar-refractivity contribution in [2.75, 3.05) is 32.8 Å². The fraction of sp³-hybridized carbons (Fsp3) is 0.467. The molecule has 0 bridgehead atoms. The third-order valence-electron chi connectivity index (χ3n) is 7.83. The quantitative estimate of drug-likeness (QED) is 0.408. The molecule has 3 atom stereocenters. The fourth-order valence-corrected chi connectivity index (χ4v) is 5.74. The van der Waals surface area contributed by atoms with Crippen molar-refractivity contribution in [3.8, 4) is 11.3 Å². The molecule has 5 rings (SSSR count). The van der Waals surface area contributed by atoms with Crippen LogP contribution in [0.1, 0.15) is 43.6 Å². The number of nitrogens with zero attached hydrogens (tertiary/aromatic N) is 3. The van der Waals surface area contributed by atoms with Crippen molar-refractivity contribution in [2.24, 2.45) is 11.8 Å². The number of hydrogen-bond donors (Lipinski definition) is 1. The molecule has 39 heavy (non-hydrogen) atoms. The van der Waals surface area contributed by atoms with E-state index >= 15 is 0 Å². The summed E-state index contributed by atoms with van der Waals surface area (Å²) in [5, 5.41) is 3.09. The van der Waals surface area contributed by atoms with E-state index in [1.165, 1.54) is 0 Å². The highest BCUT2D eigenvalue weighted by molar-refractivity contribution is 5.76. The number of ether oxygens (including phenoxy) is 1. The van der Waals surface area contributed by atoms with Gasteiger partial charge in [0.1, 0.15) is 23.6 Å². The van der Waals surface area contributed by atoms with Gasteiger partial charge in [-0.05, 0) is 42.5 Å². The Morgan fingerprint density at radius 1 is 1.15 bits per heavy atom. The van der Waals surface area contributed by atoms with Crippen molar-refractivity contribution in [1.29, 1.82) is 0 Å². The minimum Gasteiger partial charge on any atom is -0.381 e. The summed E-state index contributed by atoms with van der Waals surface area (Å²) in [7, 11) is 0. The van der Waals surface area contributed by atoms with Gasteiger partial charge in [0.25, 0.3) is 0 Å². The second-order valence-corrected chi connectivity index (χ2v) is 10.5. The monoisotopic (exact) mass is 540 g/mol. The summed E-state index contributed by atoms with van der Waals surface area (Å²) in [6, 6.07) is 12.6. The molecule has 2 fully saturated rings. The molecule has 0 aliphatic carbocycles. The van der Waals surface area contributed by atoms with E-state index < -0.39 is 23.8 Å². The van der Waals surface area contributed by atoms with Crippen LogP contribution in [0.15, 0.2) is 54.7 Å². The van der Waals surface area contributed by atoms with Gasteiger partial charge < -0.3 is 19.5 Å². The summed E-state index contributed by atoms with van der Waals surface area (Å²) in [5.74, 6) is -0.944. The maximum atomic E-state index is 14.9. The zero-order valence-electron chi connectivity index (χ0n) is 22.2. The lowest BCUT2D eigenvalue weighted by Crippen LogP contribution is -2.45. The van der Waals surface area contributed by atoms with Crippen molar-refractivity contribution in [2.45, 2.75) is 44.9 Å². The molecule has 2 aliphatic heterocycles. The molecular formula is C30H35F3N4O2. The summed E-state index contributed by atoms with van der Waals surface area (Å²) < 4.78 is 51.4. The molecule has 1 aromatic heterocycles. The molecule has 0 saturated carbocycles. The molecule has 2 aliphatic rings. The van der Waals surface area contributed by atoms with Crippen LogP contribution in [0.2, 0.25) is 0 Å². The van der Waals surface area contributed by atoms with Gasteiger partial charge in [-0.25, -0.2) is 18.2 Å². The number of nitrogens with one attached hydrogen (secondary N) is 1. The minimum atomic E-state index is -1.05. The summed E-state index contributed by atoms with van der Waals surface area (Å²) in [5.41, 5.74) is 1.36. The highest BCUT2D eigenvalue weighted by Gasteiger charge is 2.39. The Hall–Kier alpha value is -3.17. The lowest BCUT2D eigenvalue weighted by atomic mass is 9.88. The molecule has 3 heterocycles. The van der Waals surface area contributed by atoms with E-state index in [-0.39, 0.29) is 42.8 Å². The second kappa shape index (κ2) is 12.3. The van der Waals surface area contributed by atoms with Gasteiger partial charge in [0.05, 0.1) is 11.7 Å². The predicted octanol–water partition coefficient (Wildman–Crippen LogP) is 5.14. The fourth-order valence-electron chi connectivity index (χ4n) is 5.74. The number of hydrogen-bond acceptors (Lipinski definition) is 4. The van der Waals surface area contributed by atoms with Crippen LogP contribution in [-0.4, -0.2) is 59.4 Å². The van der Waals surface area contributed by atoms with Gasteiger partial charge in [0.2, 0.25) is 5.91 Å². The van der Waals surface area contributed by atoms with E-state index in [1.807, 2.05) is 34.9 Å². The molecule has 3 aromatic rings. The molecule has 1 amide bonds. The van der Waals surface area contributed by atoms with Crippen LogP contribution in [0.5, 0.6) is 0 Å². The van der Waals surface area contributed by atoms with Crippen molar-refractivity contribution in [3.63, 3.8) is 0 Å². The van der Waals surface area contributed by atoms with Gasteiger partial charge in [0.15, 0.2) is 0 Å². The maximum absolute atomic E-state index is 14.9. The number of carbonyl (C=O) groups is 1.